The van der Waals surface area contributed by atoms with Crippen LogP contribution >= 0.6 is 12.2 Å². The summed E-state index contributed by atoms with van der Waals surface area (Å²) in [7, 11) is 3.36. The highest BCUT2D eigenvalue weighted by molar-refractivity contribution is 7.80. The van der Waals surface area contributed by atoms with Crippen molar-refractivity contribution >= 4 is 17.3 Å². The normalized spacial score (nSPS) is 22.7. The maximum atomic E-state index is 5.94. The Kier molecular flexibility index (Phi) is 7.71. The highest BCUT2D eigenvalue weighted by atomic mass is 32.1. The van der Waals surface area contributed by atoms with Gasteiger partial charge in [0.1, 0.15) is 11.5 Å². The van der Waals surface area contributed by atoms with Crippen LogP contribution in [0.1, 0.15) is 58.9 Å². The van der Waals surface area contributed by atoms with E-state index in [0.29, 0.717) is 12.6 Å². The zero-order valence-electron chi connectivity index (χ0n) is 19.9. The fourth-order valence-electron chi connectivity index (χ4n) is 5.13. The average Bonchev–Trinajstić information content (AvgIpc) is 3.18. The van der Waals surface area contributed by atoms with E-state index >= 15 is 0 Å². The molecule has 3 rings (SSSR count). The van der Waals surface area contributed by atoms with Crippen LogP contribution < -0.4 is 20.1 Å². The Bertz CT molecular complexity index is 746. The van der Waals surface area contributed by atoms with Gasteiger partial charge < -0.3 is 29.7 Å². The first-order valence-corrected chi connectivity index (χ1v) is 11.7. The van der Waals surface area contributed by atoms with Gasteiger partial charge >= 0.3 is 0 Å². The number of ether oxygens (including phenoxy) is 3. The number of methoxy groups -OCH3 is 2. The van der Waals surface area contributed by atoms with Gasteiger partial charge in [-0.1, -0.05) is 0 Å². The van der Waals surface area contributed by atoms with E-state index in [2.05, 4.69) is 49.3 Å². The molecule has 1 aromatic rings. The lowest BCUT2D eigenvalue weighted by atomic mass is 9.80. The number of benzene rings is 1. The predicted molar refractivity (Wildman–Crippen MR) is 129 cm³/mol. The van der Waals surface area contributed by atoms with Crippen molar-refractivity contribution in [1.82, 2.24) is 15.5 Å². The quantitative estimate of drug-likeness (QED) is 0.613. The van der Waals surface area contributed by atoms with Gasteiger partial charge in [-0.2, -0.15) is 0 Å². The molecular weight excluding hydrogens is 410 g/mol. The zero-order chi connectivity index (χ0) is 22.6. The summed E-state index contributed by atoms with van der Waals surface area (Å²) in [4.78, 5) is 2.23. The standard InChI is InChI=1S/C24H39N3O3S/c1-23(2)13-18(14-24(3,4)26-23)25-22(31)27(16-20-8-7-11-30-20)15-17-9-10-19(28-5)12-21(17)29-6/h9-10,12,18,20,26H,7-8,11,13-16H2,1-6H3,(H,25,31). The summed E-state index contributed by atoms with van der Waals surface area (Å²) in [6.45, 7) is 11.3. The average molecular weight is 450 g/mol. The molecule has 7 heteroatoms. The summed E-state index contributed by atoms with van der Waals surface area (Å²) in [6.07, 6.45) is 4.45. The highest BCUT2D eigenvalue weighted by Gasteiger charge is 2.38. The van der Waals surface area contributed by atoms with E-state index < -0.39 is 0 Å². The Morgan fingerprint density at radius 2 is 1.90 bits per heavy atom. The fourth-order valence-corrected chi connectivity index (χ4v) is 5.44. The molecule has 6 nitrogen and oxygen atoms in total. The molecule has 0 bridgehead atoms. The van der Waals surface area contributed by atoms with Gasteiger partial charge in [0.25, 0.3) is 0 Å². The largest absolute Gasteiger partial charge is 0.497 e. The van der Waals surface area contributed by atoms with Gasteiger partial charge in [0.05, 0.1) is 20.3 Å². The first-order valence-electron chi connectivity index (χ1n) is 11.3. The molecule has 2 heterocycles. The number of nitrogens with one attached hydrogen (secondary N) is 2. The predicted octanol–water partition coefficient (Wildman–Crippen LogP) is 3.87. The van der Waals surface area contributed by atoms with Crippen LogP contribution in [-0.4, -0.2) is 60.6 Å². The highest BCUT2D eigenvalue weighted by Crippen LogP contribution is 2.30. The van der Waals surface area contributed by atoms with Crippen molar-refractivity contribution in [2.75, 3.05) is 27.4 Å². The molecule has 2 aliphatic rings. The van der Waals surface area contributed by atoms with Crippen LogP contribution in [0.3, 0.4) is 0 Å². The third kappa shape index (κ3) is 6.70. The molecule has 0 radical (unpaired) electrons. The van der Waals surface area contributed by atoms with Gasteiger partial charge in [-0.05, 0) is 77.7 Å². The molecule has 1 atom stereocenters. The summed E-state index contributed by atoms with van der Waals surface area (Å²) in [5.74, 6) is 1.59. The third-order valence-electron chi connectivity index (χ3n) is 6.11. The Morgan fingerprint density at radius 1 is 1.19 bits per heavy atom. The van der Waals surface area contributed by atoms with Gasteiger partial charge in [-0.15, -0.1) is 0 Å². The third-order valence-corrected chi connectivity index (χ3v) is 6.48. The smallest absolute Gasteiger partial charge is 0.169 e. The van der Waals surface area contributed by atoms with E-state index in [1.807, 2.05) is 12.1 Å². The molecule has 2 fully saturated rings. The molecule has 2 aliphatic heterocycles. The summed E-state index contributed by atoms with van der Waals surface area (Å²) >= 11 is 5.94. The Hall–Kier alpha value is -1.57. The number of piperidine rings is 1. The number of thiocarbonyl (C=S) groups is 1. The minimum Gasteiger partial charge on any atom is -0.497 e. The van der Waals surface area contributed by atoms with Crippen LogP contribution in [0.25, 0.3) is 0 Å². The van der Waals surface area contributed by atoms with E-state index in [-0.39, 0.29) is 17.2 Å². The zero-order valence-corrected chi connectivity index (χ0v) is 20.7. The van der Waals surface area contributed by atoms with Crippen LogP contribution in [0.2, 0.25) is 0 Å². The van der Waals surface area contributed by atoms with Gasteiger partial charge in [0.15, 0.2) is 5.11 Å². The molecule has 2 saturated heterocycles. The maximum absolute atomic E-state index is 5.94. The number of nitrogens with zero attached hydrogens (tertiary/aromatic N) is 1. The summed E-state index contributed by atoms with van der Waals surface area (Å²) in [6, 6.07) is 6.27. The van der Waals surface area contributed by atoms with Crippen molar-refractivity contribution in [3.8, 4) is 11.5 Å². The Balaban J connectivity index is 1.76. The van der Waals surface area contributed by atoms with Gasteiger partial charge in [0.2, 0.25) is 0 Å². The SMILES string of the molecule is COc1ccc(CN(CC2CCCO2)C(=S)NC2CC(C)(C)NC(C)(C)C2)c(OC)c1. The van der Waals surface area contributed by atoms with Crippen molar-refractivity contribution in [2.45, 2.75) is 83.1 Å². The van der Waals surface area contributed by atoms with Crippen LogP contribution in [-0.2, 0) is 11.3 Å². The van der Waals surface area contributed by atoms with Crippen molar-refractivity contribution in [3.05, 3.63) is 23.8 Å². The molecule has 2 N–H and O–H groups in total. The second-order valence-electron chi connectivity index (χ2n) is 10.1. The molecule has 31 heavy (non-hydrogen) atoms. The summed E-state index contributed by atoms with van der Waals surface area (Å²) in [5, 5.41) is 8.21. The monoisotopic (exact) mass is 449 g/mol. The number of hydrogen-bond acceptors (Lipinski definition) is 5. The molecule has 174 valence electrons. The lowest BCUT2D eigenvalue weighted by molar-refractivity contribution is 0.0885. The molecule has 0 amide bonds. The maximum Gasteiger partial charge on any atom is 0.169 e. The molecule has 0 aliphatic carbocycles. The first kappa shape index (κ1) is 24.1. The molecule has 0 aromatic heterocycles. The second kappa shape index (κ2) is 9.92. The Morgan fingerprint density at radius 3 is 2.48 bits per heavy atom. The molecule has 0 saturated carbocycles. The number of hydrogen-bond donors (Lipinski definition) is 2. The van der Waals surface area contributed by atoms with E-state index in [0.717, 1.165) is 61.0 Å². The lowest BCUT2D eigenvalue weighted by Gasteiger charge is -2.47. The van der Waals surface area contributed by atoms with E-state index in [1.165, 1.54) is 0 Å². The van der Waals surface area contributed by atoms with E-state index in [1.54, 1.807) is 14.2 Å². The Labute approximate surface area is 193 Å². The van der Waals surface area contributed by atoms with E-state index in [9.17, 15) is 0 Å². The van der Waals surface area contributed by atoms with Gasteiger partial charge in [0, 0.05) is 48.4 Å². The van der Waals surface area contributed by atoms with Crippen LogP contribution in [0.5, 0.6) is 11.5 Å². The molecule has 0 spiro atoms. The molecule has 1 aromatic carbocycles. The topological polar surface area (TPSA) is 55.0 Å². The van der Waals surface area contributed by atoms with E-state index in [4.69, 9.17) is 26.4 Å². The first-order chi connectivity index (χ1) is 14.6. The van der Waals surface area contributed by atoms with Gasteiger partial charge in [-0.3, -0.25) is 0 Å². The fraction of sp³-hybridized carbons (Fsp3) is 0.708. The summed E-state index contributed by atoms with van der Waals surface area (Å²) in [5.41, 5.74) is 1.21. The van der Waals surface area contributed by atoms with Crippen molar-refractivity contribution in [3.63, 3.8) is 0 Å². The van der Waals surface area contributed by atoms with Crippen molar-refractivity contribution < 1.29 is 14.2 Å². The van der Waals surface area contributed by atoms with Crippen LogP contribution in [0.15, 0.2) is 18.2 Å². The summed E-state index contributed by atoms with van der Waals surface area (Å²) < 4.78 is 16.9. The van der Waals surface area contributed by atoms with Crippen molar-refractivity contribution in [1.29, 1.82) is 0 Å². The number of rotatable bonds is 7. The minimum absolute atomic E-state index is 0.0631. The minimum atomic E-state index is 0.0631. The van der Waals surface area contributed by atoms with Crippen LogP contribution in [0, 0.1) is 0 Å². The van der Waals surface area contributed by atoms with Gasteiger partial charge in [-0.25, -0.2) is 0 Å². The second-order valence-corrected chi connectivity index (χ2v) is 10.5. The lowest BCUT2D eigenvalue weighted by Crippen LogP contribution is -2.63. The van der Waals surface area contributed by atoms with Crippen LogP contribution in [0.4, 0.5) is 0 Å². The van der Waals surface area contributed by atoms with Crippen molar-refractivity contribution in [2.24, 2.45) is 0 Å². The molecular formula is C24H39N3O3S. The molecule has 1 unspecified atom stereocenters.